The normalized spacial score (nSPS) is 24.2. The van der Waals surface area contributed by atoms with E-state index in [0.29, 0.717) is 32.5 Å². The van der Waals surface area contributed by atoms with Gasteiger partial charge in [0.25, 0.3) is 0 Å². The number of carbonyl (C=O) groups is 3. The Kier molecular flexibility index (Phi) is 4.84. The lowest BCUT2D eigenvalue weighted by atomic mass is 9.97. The van der Waals surface area contributed by atoms with Gasteiger partial charge in [0.15, 0.2) is 0 Å². The molecular formula is C16H20N4O4. The van der Waals surface area contributed by atoms with Crippen LogP contribution >= 0.6 is 0 Å². The van der Waals surface area contributed by atoms with E-state index in [2.05, 4.69) is 9.98 Å². The van der Waals surface area contributed by atoms with E-state index in [0.717, 1.165) is 0 Å². The Labute approximate surface area is 139 Å². The van der Waals surface area contributed by atoms with Crippen LogP contribution in [0.3, 0.4) is 0 Å². The van der Waals surface area contributed by atoms with Gasteiger partial charge in [0.2, 0.25) is 11.8 Å². The molecule has 0 aliphatic carbocycles. The second-order valence-corrected chi connectivity index (χ2v) is 5.85. The van der Waals surface area contributed by atoms with Crippen LogP contribution in [-0.4, -0.2) is 72.0 Å². The summed E-state index contributed by atoms with van der Waals surface area (Å²) >= 11 is 0. The molecule has 128 valence electrons. The first kappa shape index (κ1) is 16.5. The number of ether oxygens (including phenoxy) is 1. The van der Waals surface area contributed by atoms with Gasteiger partial charge in [-0.15, -0.1) is 0 Å². The Morgan fingerprint density at radius 1 is 1.33 bits per heavy atom. The maximum Gasteiger partial charge on any atom is 0.352 e. The number of allylic oxidation sites excluding steroid dienone is 1. The predicted octanol–water partition coefficient (Wildman–Crippen LogP) is 0.631. The molecule has 4 amide bonds. The second-order valence-electron chi connectivity index (χ2n) is 5.85. The summed E-state index contributed by atoms with van der Waals surface area (Å²) in [6.07, 6.45) is 6.02. The number of likely N-dealkylation sites (tertiary alicyclic amines) is 1. The van der Waals surface area contributed by atoms with Crippen molar-refractivity contribution in [2.75, 3.05) is 26.3 Å². The van der Waals surface area contributed by atoms with E-state index in [-0.39, 0.29) is 30.3 Å². The first-order valence-corrected chi connectivity index (χ1v) is 8.13. The highest BCUT2D eigenvalue weighted by Gasteiger charge is 2.41. The van der Waals surface area contributed by atoms with Gasteiger partial charge in [0.05, 0.1) is 0 Å². The van der Waals surface area contributed by atoms with Gasteiger partial charge >= 0.3 is 6.03 Å². The van der Waals surface area contributed by atoms with Crippen LogP contribution in [0.2, 0.25) is 0 Å². The second kappa shape index (κ2) is 7.04. The Morgan fingerprint density at radius 3 is 2.79 bits per heavy atom. The Morgan fingerprint density at radius 2 is 2.08 bits per heavy atom. The highest BCUT2D eigenvalue weighted by molar-refractivity contribution is 6.19. The van der Waals surface area contributed by atoms with Gasteiger partial charge in [-0.2, -0.15) is 4.99 Å². The molecule has 0 aromatic carbocycles. The summed E-state index contributed by atoms with van der Waals surface area (Å²) in [5.74, 6) is -0.660. The number of hydrogen-bond acceptors (Lipinski definition) is 5. The Hall–Kier alpha value is -2.35. The van der Waals surface area contributed by atoms with Crippen molar-refractivity contribution in [1.29, 1.82) is 0 Å². The summed E-state index contributed by atoms with van der Waals surface area (Å²) in [6.45, 7) is 3.41. The molecule has 0 saturated carbocycles. The van der Waals surface area contributed by atoms with Crippen molar-refractivity contribution in [3.05, 3.63) is 12.2 Å². The molecule has 3 aliphatic rings. The summed E-state index contributed by atoms with van der Waals surface area (Å²) < 4.78 is 5.14. The Bertz CT molecular complexity index is 632. The number of fused-ring (bicyclic) bond motifs is 1. The van der Waals surface area contributed by atoms with Gasteiger partial charge in [-0.3, -0.25) is 14.5 Å². The van der Waals surface area contributed by atoms with Gasteiger partial charge in [0, 0.05) is 32.0 Å². The third-order valence-electron chi connectivity index (χ3n) is 4.41. The third kappa shape index (κ3) is 3.14. The van der Waals surface area contributed by atoms with Crippen molar-refractivity contribution in [3.8, 4) is 0 Å². The summed E-state index contributed by atoms with van der Waals surface area (Å²) in [7, 11) is 0. The number of nitrogens with zero attached hydrogens (tertiary/aromatic N) is 4. The highest BCUT2D eigenvalue weighted by atomic mass is 16.5. The molecule has 1 atom stereocenters. The molecule has 8 nitrogen and oxygen atoms in total. The van der Waals surface area contributed by atoms with Crippen molar-refractivity contribution < 1.29 is 19.1 Å². The van der Waals surface area contributed by atoms with E-state index < -0.39 is 11.9 Å². The lowest BCUT2D eigenvalue weighted by Gasteiger charge is -2.39. The molecule has 0 N–H and O–H groups in total. The summed E-state index contributed by atoms with van der Waals surface area (Å²) in [5, 5.41) is 0. The largest absolute Gasteiger partial charge is 0.372 e. The third-order valence-corrected chi connectivity index (χ3v) is 4.41. The fourth-order valence-electron chi connectivity index (χ4n) is 3.12. The van der Waals surface area contributed by atoms with E-state index in [9.17, 15) is 14.4 Å². The predicted molar refractivity (Wildman–Crippen MR) is 86.9 cm³/mol. The molecular weight excluding hydrogens is 312 g/mol. The van der Waals surface area contributed by atoms with Crippen LogP contribution in [-0.2, 0) is 14.3 Å². The number of dihydropyridines is 1. The van der Waals surface area contributed by atoms with Crippen LogP contribution in [0, 0.1) is 5.92 Å². The lowest BCUT2D eigenvalue weighted by molar-refractivity contribution is -0.138. The number of imide groups is 1. The molecule has 0 bridgehead atoms. The SMILES string of the molecule is CCOCC(=O)N1CCC(N2C(=O)N=C3N=CC=CC3C2=O)CC1. The lowest BCUT2D eigenvalue weighted by Crippen LogP contribution is -2.55. The van der Waals surface area contributed by atoms with E-state index in [1.807, 2.05) is 6.92 Å². The first-order valence-electron chi connectivity index (χ1n) is 8.13. The number of carbonyl (C=O) groups excluding carboxylic acids is 3. The minimum atomic E-state index is -0.578. The van der Waals surface area contributed by atoms with Crippen molar-refractivity contribution in [3.63, 3.8) is 0 Å². The molecule has 1 fully saturated rings. The van der Waals surface area contributed by atoms with E-state index in [1.165, 1.54) is 11.1 Å². The van der Waals surface area contributed by atoms with Gasteiger partial charge in [0.1, 0.15) is 18.4 Å². The molecule has 3 rings (SSSR count). The fraction of sp³-hybridized carbons (Fsp3) is 0.562. The van der Waals surface area contributed by atoms with Crippen LogP contribution in [0.1, 0.15) is 19.8 Å². The molecule has 3 aliphatic heterocycles. The van der Waals surface area contributed by atoms with Crippen LogP contribution < -0.4 is 0 Å². The number of aliphatic imine (C=N–C) groups is 2. The van der Waals surface area contributed by atoms with Gasteiger partial charge in [-0.1, -0.05) is 6.08 Å². The first-order chi connectivity index (χ1) is 11.6. The average Bonchev–Trinajstić information content (AvgIpc) is 2.60. The number of piperidine rings is 1. The molecule has 0 spiro atoms. The van der Waals surface area contributed by atoms with Crippen molar-refractivity contribution in [1.82, 2.24) is 9.80 Å². The molecule has 0 aromatic rings. The van der Waals surface area contributed by atoms with Crippen LogP contribution in [0.5, 0.6) is 0 Å². The summed E-state index contributed by atoms with van der Waals surface area (Å²) in [4.78, 5) is 47.7. The van der Waals surface area contributed by atoms with Gasteiger partial charge in [-0.05, 0) is 25.8 Å². The maximum absolute atomic E-state index is 12.6. The van der Waals surface area contributed by atoms with Crippen molar-refractivity contribution >= 4 is 29.9 Å². The van der Waals surface area contributed by atoms with E-state index in [4.69, 9.17) is 4.74 Å². The molecule has 24 heavy (non-hydrogen) atoms. The zero-order chi connectivity index (χ0) is 17.1. The minimum absolute atomic E-state index is 0.0588. The minimum Gasteiger partial charge on any atom is -0.372 e. The van der Waals surface area contributed by atoms with Crippen LogP contribution in [0.25, 0.3) is 0 Å². The summed E-state index contributed by atoms with van der Waals surface area (Å²) in [6, 6.07) is -0.788. The Balaban J connectivity index is 1.64. The van der Waals surface area contributed by atoms with Gasteiger partial charge in [-0.25, -0.2) is 9.79 Å². The quantitative estimate of drug-likeness (QED) is 0.755. The van der Waals surface area contributed by atoms with Crippen LogP contribution in [0.15, 0.2) is 22.1 Å². The van der Waals surface area contributed by atoms with Crippen molar-refractivity contribution in [2.45, 2.75) is 25.8 Å². The number of amides is 4. The molecule has 3 heterocycles. The monoisotopic (exact) mass is 332 g/mol. The van der Waals surface area contributed by atoms with Gasteiger partial charge < -0.3 is 9.64 Å². The molecule has 0 aromatic heterocycles. The topological polar surface area (TPSA) is 91.6 Å². The van der Waals surface area contributed by atoms with Crippen molar-refractivity contribution in [2.24, 2.45) is 15.9 Å². The number of rotatable bonds is 4. The molecule has 1 saturated heterocycles. The maximum atomic E-state index is 12.6. The number of urea groups is 1. The van der Waals surface area contributed by atoms with E-state index >= 15 is 0 Å². The fourth-order valence-corrected chi connectivity index (χ4v) is 3.12. The smallest absolute Gasteiger partial charge is 0.352 e. The highest BCUT2D eigenvalue weighted by Crippen LogP contribution is 2.25. The molecule has 1 unspecified atom stereocenters. The van der Waals surface area contributed by atoms with Crippen LogP contribution in [0.4, 0.5) is 4.79 Å². The molecule has 0 radical (unpaired) electrons. The zero-order valence-electron chi connectivity index (χ0n) is 13.6. The molecule has 8 heteroatoms. The zero-order valence-corrected chi connectivity index (χ0v) is 13.6. The number of amidine groups is 1. The van der Waals surface area contributed by atoms with E-state index in [1.54, 1.807) is 17.1 Å². The standard InChI is InChI=1S/C16H20N4O4/c1-2-24-10-13(21)19-8-5-11(6-9-19)20-15(22)12-4-3-7-17-14(12)18-16(20)23/h3-4,7,11-12H,2,5-6,8-10H2,1H3. The summed E-state index contributed by atoms with van der Waals surface area (Å²) in [5.41, 5.74) is 0. The average molecular weight is 332 g/mol. The number of hydrogen-bond donors (Lipinski definition) is 0.